The number of nitrogens with two attached hydrogens (primary N) is 1. The van der Waals surface area contributed by atoms with Gasteiger partial charge in [0.25, 0.3) is 5.91 Å². The highest BCUT2D eigenvalue weighted by atomic mass is 32.1. The zero-order chi connectivity index (χ0) is 14.4. The monoisotopic (exact) mass is 285 g/mol. The molecule has 0 saturated heterocycles. The number of nitrogens with zero attached hydrogens (tertiary/aromatic N) is 1. The highest BCUT2D eigenvalue weighted by Gasteiger charge is 2.09. The van der Waals surface area contributed by atoms with E-state index in [9.17, 15) is 4.79 Å². The predicted molar refractivity (Wildman–Crippen MR) is 81.8 cm³/mol. The molecular weight excluding hydrogens is 270 g/mol. The molecule has 0 saturated carbocycles. The van der Waals surface area contributed by atoms with Crippen LogP contribution in [0.3, 0.4) is 0 Å². The van der Waals surface area contributed by atoms with Gasteiger partial charge in [0.2, 0.25) is 0 Å². The van der Waals surface area contributed by atoms with Crippen LogP contribution in [-0.4, -0.2) is 17.4 Å². The van der Waals surface area contributed by atoms with Crippen LogP contribution in [0.4, 0.5) is 5.82 Å². The molecule has 0 spiro atoms. The lowest BCUT2D eigenvalue weighted by Crippen LogP contribution is -2.11. The molecule has 0 unspecified atom stereocenters. The number of carbonyl (C=O) groups excluding carboxylic acids is 1. The Morgan fingerprint density at radius 2 is 2.30 bits per heavy atom. The third-order valence-corrected chi connectivity index (χ3v) is 3.80. The number of aromatic nitrogens is 1. The molecule has 20 heavy (non-hydrogen) atoms. The van der Waals surface area contributed by atoms with Crippen molar-refractivity contribution in [3.05, 3.63) is 45.8 Å². The molecule has 0 fully saturated rings. The summed E-state index contributed by atoms with van der Waals surface area (Å²) in [6, 6.07) is 7.31. The Morgan fingerprint density at radius 3 is 3.00 bits per heavy atom. The number of rotatable bonds is 3. The SMILES string of the molecule is CCc1ccc(C(=O)Nc2cc(C#CCN)ccn2)s1. The van der Waals surface area contributed by atoms with Gasteiger partial charge in [0.15, 0.2) is 0 Å². The van der Waals surface area contributed by atoms with Crippen LogP contribution in [0.15, 0.2) is 30.5 Å². The highest BCUT2D eigenvalue weighted by molar-refractivity contribution is 7.14. The normalized spacial score (nSPS) is 9.70. The summed E-state index contributed by atoms with van der Waals surface area (Å²) in [7, 11) is 0. The summed E-state index contributed by atoms with van der Waals surface area (Å²) in [4.78, 5) is 18.1. The molecule has 0 aliphatic rings. The third-order valence-electron chi connectivity index (χ3n) is 2.57. The van der Waals surface area contributed by atoms with Crippen LogP contribution < -0.4 is 11.1 Å². The summed E-state index contributed by atoms with van der Waals surface area (Å²) >= 11 is 1.49. The smallest absolute Gasteiger partial charge is 0.266 e. The number of hydrogen-bond acceptors (Lipinski definition) is 4. The van der Waals surface area contributed by atoms with Gasteiger partial charge in [0, 0.05) is 16.6 Å². The van der Waals surface area contributed by atoms with E-state index in [1.165, 1.54) is 16.2 Å². The molecule has 0 radical (unpaired) electrons. The third kappa shape index (κ3) is 3.67. The first-order valence-corrected chi connectivity index (χ1v) is 7.09. The van der Waals surface area contributed by atoms with Crippen molar-refractivity contribution in [3.8, 4) is 11.8 Å². The molecule has 0 bridgehead atoms. The van der Waals surface area contributed by atoms with E-state index in [-0.39, 0.29) is 5.91 Å². The Bertz CT molecular complexity index is 667. The minimum atomic E-state index is -0.147. The number of hydrogen-bond donors (Lipinski definition) is 2. The van der Waals surface area contributed by atoms with Gasteiger partial charge >= 0.3 is 0 Å². The number of aryl methyl sites for hydroxylation is 1. The minimum absolute atomic E-state index is 0.147. The van der Waals surface area contributed by atoms with Crippen molar-refractivity contribution >= 4 is 23.1 Å². The van der Waals surface area contributed by atoms with E-state index in [0.717, 1.165) is 12.0 Å². The van der Waals surface area contributed by atoms with Crippen molar-refractivity contribution in [1.29, 1.82) is 0 Å². The highest BCUT2D eigenvalue weighted by Crippen LogP contribution is 2.18. The van der Waals surface area contributed by atoms with Crippen LogP contribution in [0.1, 0.15) is 27.0 Å². The first-order chi connectivity index (χ1) is 9.72. The van der Waals surface area contributed by atoms with Crippen molar-refractivity contribution in [2.75, 3.05) is 11.9 Å². The van der Waals surface area contributed by atoms with Crippen LogP contribution in [0.2, 0.25) is 0 Å². The molecule has 1 amide bonds. The summed E-state index contributed by atoms with van der Waals surface area (Å²) in [5.74, 6) is 6.02. The minimum Gasteiger partial charge on any atom is -0.320 e. The first kappa shape index (κ1) is 14.3. The Hall–Kier alpha value is -2.16. The van der Waals surface area contributed by atoms with Crippen LogP contribution in [-0.2, 0) is 6.42 Å². The largest absolute Gasteiger partial charge is 0.320 e. The molecule has 2 aromatic heterocycles. The fourth-order valence-corrected chi connectivity index (χ4v) is 2.44. The number of thiophene rings is 1. The molecular formula is C15H15N3OS. The van der Waals surface area contributed by atoms with Gasteiger partial charge in [-0.1, -0.05) is 18.8 Å². The quantitative estimate of drug-likeness (QED) is 0.850. The van der Waals surface area contributed by atoms with Gasteiger partial charge in [-0.3, -0.25) is 4.79 Å². The molecule has 5 heteroatoms. The van der Waals surface area contributed by atoms with Gasteiger partial charge in [0.1, 0.15) is 5.82 Å². The summed E-state index contributed by atoms with van der Waals surface area (Å²) in [5.41, 5.74) is 6.11. The second kappa shape index (κ2) is 6.85. The first-order valence-electron chi connectivity index (χ1n) is 6.28. The maximum Gasteiger partial charge on any atom is 0.266 e. The molecule has 3 N–H and O–H groups in total. The topological polar surface area (TPSA) is 68.0 Å². The summed E-state index contributed by atoms with van der Waals surface area (Å²) in [6.45, 7) is 2.37. The molecule has 0 aromatic carbocycles. The van der Waals surface area contributed by atoms with Gasteiger partial charge in [0.05, 0.1) is 11.4 Å². The zero-order valence-electron chi connectivity index (χ0n) is 11.1. The van der Waals surface area contributed by atoms with Crippen LogP contribution in [0.5, 0.6) is 0 Å². The summed E-state index contributed by atoms with van der Waals surface area (Å²) in [6.07, 6.45) is 2.54. The molecule has 4 nitrogen and oxygen atoms in total. The molecule has 2 rings (SSSR count). The van der Waals surface area contributed by atoms with Crippen molar-refractivity contribution in [2.24, 2.45) is 5.73 Å². The van der Waals surface area contributed by atoms with Crippen LogP contribution in [0.25, 0.3) is 0 Å². The molecule has 0 aliphatic carbocycles. The molecule has 0 aliphatic heterocycles. The lowest BCUT2D eigenvalue weighted by molar-refractivity contribution is 0.103. The van der Waals surface area contributed by atoms with Gasteiger partial charge in [-0.25, -0.2) is 4.98 Å². The maximum absolute atomic E-state index is 12.1. The van der Waals surface area contributed by atoms with Gasteiger partial charge in [-0.05, 0) is 30.7 Å². The van der Waals surface area contributed by atoms with E-state index >= 15 is 0 Å². The lowest BCUT2D eigenvalue weighted by atomic mass is 10.2. The summed E-state index contributed by atoms with van der Waals surface area (Å²) < 4.78 is 0. The average Bonchev–Trinajstić information content (AvgIpc) is 2.94. The Morgan fingerprint density at radius 1 is 1.45 bits per heavy atom. The molecule has 102 valence electrons. The van der Waals surface area contributed by atoms with E-state index in [4.69, 9.17) is 5.73 Å². The van der Waals surface area contributed by atoms with Crippen LogP contribution in [0, 0.1) is 11.8 Å². The second-order valence-corrected chi connectivity index (χ2v) is 5.18. The second-order valence-electron chi connectivity index (χ2n) is 4.01. The molecule has 0 atom stereocenters. The average molecular weight is 285 g/mol. The van der Waals surface area contributed by atoms with E-state index < -0.39 is 0 Å². The Labute approximate surface area is 122 Å². The van der Waals surface area contributed by atoms with E-state index in [0.29, 0.717) is 17.2 Å². The van der Waals surface area contributed by atoms with E-state index in [1.807, 2.05) is 12.1 Å². The zero-order valence-corrected chi connectivity index (χ0v) is 12.0. The maximum atomic E-state index is 12.1. The predicted octanol–water partition coefficient (Wildman–Crippen LogP) is 2.27. The Balaban J connectivity index is 2.11. The van der Waals surface area contributed by atoms with E-state index in [2.05, 4.69) is 29.1 Å². The summed E-state index contributed by atoms with van der Waals surface area (Å²) in [5, 5.41) is 2.77. The van der Waals surface area contributed by atoms with Crippen molar-refractivity contribution in [1.82, 2.24) is 4.98 Å². The van der Waals surface area contributed by atoms with Crippen molar-refractivity contribution in [2.45, 2.75) is 13.3 Å². The Kier molecular flexibility index (Phi) is 4.88. The van der Waals surface area contributed by atoms with Crippen molar-refractivity contribution in [3.63, 3.8) is 0 Å². The van der Waals surface area contributed by atoms with Gasteiger partial charge < -0.3 is 11.1 Å². The number of nitrogens with one attached hydrogen (secondary N) is 1. The lowest BCUT2D eigenvalue weighted by Gasteiger charge is -2.02. The van der Waals surface area contributed by atoms with Crippen LogP contribution >= 0.6 is 11.3 Å². The van der Waals surface area contributed by atoms with E-state index in [1.54, 1.807) is 18.3 Å². The number of carbonyl (C=O) groups is 1. The number of pyridine rings is 1. The van der Waals surface area contributed by atoms with Gasteiger partial charge in [-0.2, -0.15) is 0 Å². The van der Waals surface area contributed by atoms with Crippen molar-refractivity contribution < 1.29 is 4.79 Å². The number of anilines is 1. The number of amides is 1. The fourth-order valence-electron chi connectivity index (χ4n) is 1.60. The standard InChI is InChI=1S/C15H15N3OS/c1-2-12-5-6-13(20-12)15(19)18-14-10-11(4-3-8-16)7-9-17-14/h5-7,9-10H,2,8,16H2,1H3,(H,17,18,19). The molecule has 2 heterocycles. The molecule has 2 aromatic rings. The van der Waals surface area contributed by atoms with Gasteiger partial charge in [-0.15, -0.1) is 11.3 Å². The fraction of sp³-hybridized carbons (Fsp3) is 0.200.